The highest BCUT2D eigenvalue weighted by molar-refractivity contribution is 5.95. The normalized spacial score (nSPS) is 10.6. The number of benzene rings is 1. The van der Waals surface area contributed by atoms with Crippen molar-refractivity contribution >= 4 is 11.9 Å². The molecule has 0 fully saturated rings. The lowest BCUT2D eigenvalue weighted by Gasteiger charge is -2.05. The van der Waals surface area contributed by atoms with Gasteiger partial charge in [-0.05, 0) is 32.0 Å². The first-order valence-corrected chi connectivity index (χ1v) is 7.68. The van der Waals surface area contributed by atoms with Crippen LogP contribution in [0.3, 0.4) is 0 Å². The Kier molecular flexibility index (Phi) is 4.38. The lowest BCUT2D eigenvalue weighted by atomic mass is 10.2. The molecule has 7 nitrogen and oxygen atoms in total. The fourth-order valence-corrected chi connectivity index (χ4v) is 2.57. The quantitative estimate of drug-likeness (QED) is 0.745. The van der Waals surface area contributed by atoms with E-state index in [-0.39, 0.29) is 18.0 Å². The molecule has 7 heteroatoms. The highest BCUT2D eigenvalue weighted by Crippen LogP contribution is 2.16. The molecule has 1 aromatic carbocycles. The number of aromatic carboxylic acids is 1. The van der Waals surface area contributed by atoms with Gasteiger partial charge in [-0.1, -0.05) is 18.2 Å². The summed E-state index contributed by atoms with van der Waals surface area (Å²) in [6, 6.07) is 10.9. The minimum Gasteiger partial charge on any atom is -0.478 e. The Morgan fingerprint density at radius 1 is 1.20 bits per heavy atom. The van der Waals surface area contributed by atoms with Crippen LogP contribution in [-0.4, -0.2) is 26.8 Å². The maximum absolute atomic E-state index is 12.4. The molecule has 128 valence electrons. The van der Waals surface area contributed by atoms with Crippen molar-refractivity contribution in [2.45, 2.75) is 20.4 Å². The number of aryl methyl sites for hydroxylation is 1. The topological polar surface area (TPSA) is 97.4 Å². The maximum atomic E-state index is 12.4. The third kappa shape index (κ3) is 3.30. The lowest BCUT2D eigenvalue weighted by Crippen LogP contribution is -2.23. The fraction of sp³-hybridized carbons (Fsp3) is 0.167. The van der Waals surface area contributed by atoms with E-state index in [1.54, 1.807) is 11.6 Å². The van der Waals surface area contributed by atoms with Gasteiger partial charge in [0.25, 0.3) is 5.91 Å². The molecule has 25 heavy (non-hydrogen) atoms. The number of nitrogens with one attached hydrogen (secondary N) is 1. The molecule has 0 aliphatic heterocycles. The number of nitrogens with zero attached hydrogens (tertiary/aromatic N) is 2. The summed E-state index contributed by atoms with van der Waals surface area (Å²) in [4.78, 5) is 23.4. The molecule has 3 aromatic rings. The molecule has 2 N–H and O–H groups in total. The van der Waals surface area contributed by atoms with Crippen molar-refractivity contribution in [3.8, 4) is 5.69 Å². The number of hydrogen-bond donors (Lipinski definition) is 2. The number of carboxylic acids is 1. The van der Waals surface area contributed by atoms with Crippen LogP contribution in [0.5, 0.6) is 0 Å². The van der Waals surface area contributed by atoms with Crippen LogP contribution in [0, 0.1) is 13.8 Å². The van der Waals surface area contributed by atoms with Crippen LogP contribution < -0.4 is 5.32 Å². The number of carbonyl (C=O) groups is 2. The Morgan fingerprint density at radius 2 is 1.92 bits per heavy atom. The Bertz CT molecular complexity index is 925. The summed E-state index contributed by atoms with van der Waals surface area (Å²) in [5.41, 5.74) is 2.13. The second-order valence-electron chi connectivity index (χ2n) is 5.56. The summed E-state index contributed by atoms with van der Waals surface area (Å²) in [5.74, 6) is -0.661. The SMILES string of the molecule is Cc1oc(CNC(=O)c2cnn(-c3ccccc3)c2C)cc1C(=O)O. The van der Waals surface area contributed by atoms with Crippen molar-refractivity contribution in [3.63, 3.8) is 0 Å². The first kappa shape index (κ1) is 16.5. The van der Waals surface area contributed by atoms with Gasteiger partial charge in [0.2, 0.25) is 0 Å². The zero-order valence-corrected chi connectivity index (χ0v) is 13.8. The number of rotatable bonds is 5. The van der Waals surface area contributed by atoms with E-state index >= 15 is 0 Å². The molecule has 0 spiro atoms. The average Bonchev–Trinajstić information content (AvgIpc) is 3.16. The van der Waals surface area contributed by atoms with E-state index in [9.17, 15) is 9.59 Å². The van der Waals surface area contributed by atoms with Gasteiger partial charge in [-0.15, -0.1) is 0 Å². The molecule has 0 saturated heterocycles. The molecule has 0 radical (unpaired) electrons. The monoisotopic (exact) mass is 339 g/mol. The molecule has 1 amide bonds. The Labute approximate surface area is 143 Å². The van der Waals surface area contributed by atoms with E-state index in [0.717, 1.165) is 5.69 Å². The van der Waals surface area contributed by atoms with Crippen molar-refractivity contribution in [1.29, 1.82) is 0 Å². The maximum Gasteiger partial charge on any atom is 0.339 e. The largest absolute Gasteiger partial charge is 0.478 e. The standard InChI is InChI=1S/C18H17N3O4/c1-11-16(10-20-21(11)13-6-4-3-5-7-13)17(22)19-9-14-8-15(18(23)24)12(2)25-14/h3-8,10H,9H2,1-2H3,(H,19,22)(H,23,24). The summed E-state index contributed by atoms with van der Waals surface area (Å²) in [6.07, 6.45) is 1.51. The van der Waals surface area contributed by atoms with Crippen LogP contribution in [0.25, 0.3) is 5.69 Å². The molecule has 0 bridgehead atoms. The van der Waals surface area contributed by atoms with Gasteiger partial charge in [0.05, 0.1) is 29.7 Å². The summed E-state index contributed by atoms with van der Waals surface area (Å²) in [7, 11) is 0. The first-order chi connectivity index (χ1) is 12.0. The van der Waals surface area contributed by atoms with Crippen molar-refractivity contribution in [2.75, 3.05) is 0 Å². The van der Waals surface area contributed by atoms with Gasteiger partial charge in [0.15, 0.2) is 0 Å². The third-order valence-electron chi connectivity index (χ3n) is 3.88. The summed E-state index contributed by atoms with van der Waals surface area (Å²) < 4.78 is 7.04. The van der Waals surface area contributed by atoms with E-state index in [2.05, 4.69) is 10.4 Å². The molecular weight excluding hydrogens is 322 g/mol. The summed E-state index contributed by atoms with van der Waals surface area (Å²) >= 11 is 0. The van der Waals surface area contributed by atoms with Crippen LogP contribution in [0.2, 0.25) is 0 Å². The van der Waals surface area contributed by atoms with Gasteiger partial charge >= 0.3 is 5.97 Å². The zero-order chi connectivity index (χ0) is 18.0. The number of para-hydroxylation sites is 1. The van der Waals surface area contributed by atoms with Crippen LogP contribution in [-0.2, 0) is 6.54 Å². The number of hydrogen-bond acceptors (Lipinski definition) is 4. The summed E-state index contributed by atoms with van der Waals surface area (Å²) in [5, 5.41) is 16.0. The van der Waals surface area contributed by atoms with Crippen molar-refractivity contribution < 1.29 is 19.1 Å². The highest BCUT2D eigenvalue weighted by atomic mass is 16.4. The van der Waals surface area contributed by atoms with Gasteiger partial charge in [-0.25, -0.2) is 9.48 Å². The van der Waals surface area contributed by atoms with E-state index in [1.165, 1.54) is 12.3 Å². The van der Waals surface area contributed by atoms with Gasteiger partial charge in [0, 0.05) is 0 Å². The third-order valence-corrected chi connectivity index (χ3v) is 3.88. The molecule has 0 unspecified atom stereocenters. The number of carbonyl (C=O) groups excluding carboxylic acids is 1. The summed E-state index contributed by atoms with van der Waals surface area (Å²) in [6.45, 7) is 3.49. The number of aromatic nitrogens is 2. The molecule has 2 aromatic heterocycles. The average molecular weight is 339 g/mol. The van der Waals surface area contributed by atoms with E-state index in [1.807, 2.05) is 37.3 Å². The lowest BCUT2D eigenvalue weighted by molar-refractivity contribution is 0.0694. The predicted molar refractivity (Wildman–Crippen MR) is 89.9 cm³/mol. The minimum atomic E-state index is -1.06. The predicted octanol–water partition coefficient (Wildman–Crippen LogP) is 2.71. The van der Waals surface area contributed by atoms with Gasteiger partial charge in [0.1, 0.15) is 17.1 Å². The first-order valence-electron chi connectivity index (χ1n) is 7.68. The number of amides is 1. The Morgan fingerprint density at radius 3 is 2.56 bits per heavy atom. The second kappa shape index (κ2) is 6.64. The van der Waals surface area contributed by atoms with Gasteiger partial charge < -0.3 is 14.8 Å². The van der Waals surface area contributed by atoms with E-state index in [0.29, 0.717) is 22.8 Å². The molecule has 0 aliphatic carbocycles. The van der Waals surface area contributed by atoms with Crippen molar-refractivity contribution in [2.24, 2.45) is 0 Å². The zero-order valence-electron chi connectivity index (χ0n) is 13.8. The second-order valence-corrected chi connectivity index (χ2v) is 5.56. The van der Waals surface area contributed by atoms with Crippen LogP contribution in [0.1, 0.15) is 37.9 Å². The van der Waals surface area contributed by atoms with Crippen LogP contribution in [0.4, 0.5) is 0 Å². The van der Waals surface area contributed by atoms with Gasteiger partial charge in [-0.2, -0.15) is 5.10 Å². The number of furan rings is 1. The Hall–Kier alpha value is -3.35. The molecule has 0 aliphatic rings. The number of carboxylic acid groups (broad SMARTS) is 1. The smallest absolute Gasteiger partial charge is 0.339 e. The minimum absolute atomic E-state index is 0.0947. The Balaban J connectivity index is 1.73. The van der Waals surface area contributed by atoms with Crippen molar-refractivity contribution in [3.05, 3.63) is 70.9 Å². The van der Waals surface area contributed by atoms with E-state index in [4.69, 9.17) is 9.52 Å². The molecular formula is C18H17N3O4. The molecule has 0 atom stereocenters. The molecule has 3 rings (SSSR count). The molecule has 2 heterocycles. The fourth-order valence-electron chi connectivity index (χ4n) is 2.57. The van der Waals surface area contributed by atoms with Gasteiger partial charge in [-0.3, -0.25) is 4.79 Å². The van der Waals surface area contributed by atoms with Crippen molar-refractivity contribution in [1.82, 2.24) is 15.1 Å². The molecule has 0 saturated carbocycles. The van der Waals surface area contributed by atoms with Crippen LogP contribution in [0.15, 0.2) is 47.0 Å². The highest BCUT2D eigenvalue weighted by Gasteiger charge is 2.17. The van der Waals surface area contributed by atoms with E-state index < -0.39 is 5.97 Å². The van der Waals surface area contributed by atoms with Crippen LogP contribution >= 0.6 is 0 Å².